The molecule has 1 saturated heterocycles. The first-order chi connectivity index (χ1) is 10.3. The molecule has 1 atom stereocenters. The van der Waals surface area contributed by atoms with Crippen molar-refractivity contribution in [3.05, 3.63) is 24.3 Å². The van der Waals surface area contributed by atoms with Gasteiger partial charge in [-0.25, -0.2) is 8.42 Å². The Hall–Kier alpha value is -1.64. The molecule has 1 amide bonds. The Morgan fingerprint density at radius 1 is 1.41 bits per heavy atom. The summed E-state index contributed by atoms with van der Waals surface area (Å²) in [6.07, 6.45) is 1.09. The molecule has 122 valence electrons. The zero-order valence-corrected chi connectivity index (χ0v) is 13.6. The first-order valence-corrected chi connectivity index (χ1v) is 9.04. The highest BCUT2D eigenvalue weighted by molar-refractivity contribution is 7.92. The lowest BCUT2D eigenvalue weighted by atomic mass is 10.2. The average molecular weight is 326 g/mol. The fourth-order valence-corrected chi connectivity index (χ4v) is 2.99. The van der Waals surface area contributed by atoms with E-state index in [2.05, 4.69) is 27.2 Å². The molecule has 1 heterocycles. The summed E-state index contributed by atoms with van der Waals surface area (Å²) < 4.78 is 24.8. The molecule has 1 fully saturated rings. The van der Waals surface area contributed by atoms with Crippen molar-refractivity contribution in [2.24, 2.45) is 0 Å². The van der Waals surface area contributed by atoms with E-state index in [1.807, 2.05) is 0 Å². The topological polar surface area (TPSA) is 90.5 Å². The third-order valence-electron chi connectivity index (χ3n) is 3.27. The van der Waals surface area contributed by atoms with Crippen LogP contribution in [0.3, 0.4) is 0 Å². The summed E-state index contributed by atoms with van der Waals surface area (Å²) in [5.41, 5.74) is 0.998. The Morgan fingerprint density at radius 2 is 2.14 bits per heavy atom. The van der Waals surface area contributed by atoms with Gasteiger partial charge in [0, 0.05) is 31.4 Å². The molecule has 22 heavy (non-hydrogen) atoms. The van der Waals surface area contributed by atoms with Gasteiger partial charge in [-0.05, 0) is 25.1 Å². The standard InChI is InChI=1S/C14H22N4O3S/c1-11-9-18(7-6-15-11)10-14(19)16-12-4-3-5-13(8-12)17-22(2,20)21/h3-5,8,11,15,17H,6-7,9-10H2,1-2H3,(H,16,19). The van der Waals surface area contributed by atoms with Crippen molar-refractivity contribution in [2.75, 3.05) is 42.5 Å². The molecule has 1 aromatic carbocycles. The monoisotopic (exact) mass is 326 g/mol. The highest BCUT2D eigenvalue weighted by Crippen LogP contribution is 2.16. The van der Waals surface area contributed by atoms with Gasteiger partial charge in [0.2, 0.25) is 15.9 Å². The Bertz CT molecular complexity index is 633. The molecule has 3 N–H and O–H groups in total. The molecule has 2 rings (SSSR count). The van der Waals surface area contributed by atoms with E-state index in [0.717, 1.165) is 25.9 Å². The van der Waals surface area contributed by atoms with Crippen LogP contribution < -0.4 is 15.4 Å². The maximum atomic E-state index is 12.1. The molecule has 1 aliphatic heterocycles. The van der Waals surface area contributed by atoms with Crippen molar-refractivity contribution in [3.63, 3.8) is 0 Å². The first-order valence-electron chi connectivity index (χ1n) is 7.15. The van der Waals surface area contributed by atoms with Crippen LogP contribution in [0.25, 0.3) is 0 Å². The predicted octanol–water partition coefficient (Wildman–Crippen LogP) is 0.290. The van der Waals surface area contributed by atoms with E-state index >= 15 is 0 Å². The van der Waals surface area contributed by atoms with Gasteiger partial charge >= 0.3 is 0 Å². The lowest BCUT2D eigenvalue weighted by Gasteiger charge is -2.31. The molecule has 1 aliphatic rings. The molecular formula is C14H22N4O3S. The van der Waals surface area contributed by atoms with E-state index in [9.17, 15) is 13.2 Å². The minimum absolute atomic E-state index is 0.106. The van der Waals surface area contributed by atoms with Gasteiger partial charge in [0.05, 0.1) is 18.5 Å². The molecule has 8 heteroatoms. The van der Waals surface area contributed by atoms with E-state index < -0.39 is 10.0 Å². The molecule has 1 aromatic rings. The van der Waals surface area contributed by atoms with E-state index in [1.165, 1.54) is 0 Å². The summed E-state index contributed by atoms with van der Waals surface area (Å²) in [5, 5.41) is 6.12. The van der Waals surface area contributed by atoms with E-state index in [-0.39, 0.29) is 5.91 Å². The first kappa shape index (κ1) is 16.7. The quantitative estimate of drug-likeness (QED) is 0.723. The van der Waals surface area contributed by atoms with Crippen LogP contribution in [0.2, 0.25) is 0 Å². The van der Waals surface area contributed by atoms with Crippen molar-refractivity contribution in [3.8, 4) is 0 Å². The van der Waals surface area contributed by atoms with Gasteiger partial charge < -0.3 is 10.6 Å². The summed E-state index contributed by atoms with van der Waals surface area (Å²) in [5.74, 6) is -0.106. The van der Waals surface area contributed by atoms with Crippen LogP contribution >= 0.6 is 0 Å². The minimum atomic E-state index is -3.33. The Morgan fingerprint density at radius 3 is 2.82 bits per heavy atom. The normalized spacial score (nSPS) is 19.6. The summed E-state index contributed by atoms with van der Waals surface area (Å²) in [6.45, 7) is 4.97. The summed E-state index contributed by atoms with van der Waals surface area (Å²) >= 11 is 0. The largest absolute Gasteiger partial charge is 0.325 e. The molecule has 0 aromatic heterocycles. The van der Waals surface area contributed by atoms with Gasteiger partial charge in [-0.3, -0.25) is 14.4 Å². The second-order valence-electron chi connectivity index (χ2n) is 5.59. The number of carbonyl (C=O) groups excluding carboxylic acids is 1. The zero-order chi connectivity index (χ0) is 16.2. The Kier molecular flexibility index (Phi) is 5.38. The van der Waals surface area contributed by atoms with Crippen molar-refractivity contribution in [1.82, 2.24) is 10.2 Å². The number of piperazine rings is 1. The number of sulfonamides is 1. The Labute approximate surface area is 131 Å². The molecule has 0 bridgehead atoms. The SMILES string of the molecule is CC1CN(CC(=O)Nc2cccc(NS(C)(=O)=O)c2)CCN1. The van der Waals surface area contributed by atoms with Gasteiger partial charge in [0.1, 0.15) is 0 Å². The van der Waals surface area contributed by atoms with Crippen LogP contribution in [0.15, 0.2) is 24.3 Å². The molecule has 0 aliphatic carbocycles. The number of carbonyl (C=O) groups is 1. The van der Waals surface area contributed by atoms with Crippen molar-refractivity contribution in [2.45, 2.75) is 13.0 Å². The summed E-state index contributed by atoms with van der Waals surface area (Å²) in [4.78, 5) is 14.2. The number of nitrogens with one attached hydrogen (secondary N) is 3. The predicted molar refractivity (Wildman–Crippen MR) is 87.4 cm³/mol. The number of hydrogen-bond acceptors (Lipinski definition) is 5. The number of hydrogen-bond donors (Lipinski definition) is 3. The fraction of sp³-hybridized carbons (Fsp3) is 0.500. The minimum Gasteiger partial charge on any atom is -0.325 e. The second kappa shape index (κ2) is 7.08. The molecule has 0 radical (unpaired) electrons. The molecule has 7 nitrogen and oxygen atoms in total. The lowest BCUT2D eigenvalue weighted by Crippen LogP contribution is -2.51. The van der Waals surface area contributed by atoms with Crippen molar-refractivity contribution in [1.29, 1.82) is 0 Å². The molecule has 0 spiro atoms. The van der Waals surface area contributed by atoms with Crippen LogP contribution in [0, 0.1) is 0 Å². The lowest BCUT2D eigenvalue weighted by molar-refractivity contribution is -0.117. The van der Waals surface area contributed by atoms with Crippen molar-refractivity contribution < 1.29 is 13.2 Å². The molecular weight excluding hydrogens is 304 g/mol. The number of nitrogens with zero attached hydrogens (tertiary/aromatic N) is 1. The highest BCUT2D eigenvalue weighted by Gasteiger charge is 2.18. The van der Waals surface area contributed by atoms with E-state index in [1.54, 1.807) is 24.3 Å². The summed E-state index contributed by atoms with van der Waals surface area (Å²) in [6, 6.07) is 7.03. The second-order valence-corrected chi connectivity index (χ2v) is 7.34. The maximum Gasteiger partial charge on any atom is 0.238 e. The van der Waals surface area contributed by atoms with Crippen LogP contribution in [0.5, 0.6) is 0 Å². The number of anilines is 2. The maximum absolute atomic E-state index is 12.1. The van der Waals surface area contributed by atoms with Gasteiger partial charge in [-0.1, -0.05) is 6.07 Å². The van der Waals surface area contributed by atoms with E-state index in [0.29, 0.717) is 24.0 Å². The summed E-state index contributed by atoms with van der Waals surface area (Å²) in [7, 11) is -3.33. The third-order valence-corrected chi connectivity index (χ3v) is 3.88. The van der Waals surface area contributed by atoms with Crippen LogP contribution in [-0.4, -0.2) is 57.7 Å². The number of amides is 1. The van der Waals surface area contributed by atoms with Gasteiger partial charge in [0.25, 0.3) is 0 Å². The fourth-order valence-electron chi connectivity index (χ4n) is 2.43. The molecule has 1 unspecified atom stereocenters. The van der Waals surface area contributed by atoms with Gasteiger partial charge in [-0.2, -0.15) is 0 Å². The van der Waals surface area contributed by atoms with Gasteiger partial charge in [0.15, 0.2) is 0 Å². The van der Waals surface area contributed by atoms with E-state index in [4.69, 9.17) is 0 Å². The van der Waals surface area contributed by atoms with Crippen molar-refractivity contribution >= 4 is 27.3 Å². The van der Waals surface area contributed by atoms with Crippen LogP contribution in [-0.2, 0) is 14.8 Å². The third kappa shape index (κ3) is 5.63. The number of benzene rings is 1. The smallest absolute Gasteiger partial charge is 0.238 e. The highest BCUT2D eigenvalue weighted by atomic mass is 32.2. The number of rotatable bonds is 5. The van der Waals surface area contributed by atoms with Gasteiger partial charge in [-0.15, -0.1) is 0 Å². The molecule has 0 saturated carbocycles. The average Bonchev–Trinajstić information content (AvgIpc) is 2.36. The Balaban J connectivity index is 1.92. The van der Waals surface area contributed by atoms with Crippen LogP contribution in [0.1, 0.15) is 6.92 Å². The van der Waals surface area contributed by atoms with Crippen LogP contribution in [0.4, 0.5) is 11.4 Å². The zero-order valence-electron chi connectivity index (χ0n) is 12.8.